The quantitative estimate of drug-likeness (QED) is 0.679. The van der Waals surface area contributed by atoms with Crippen LogP contribution in [0, 0.1) is 0 Å². The summed E-state index contributed by atoms with van der Waals surface area (Å²) in [7, 11) is 0. The van der Waals surface area contributed by atoms with E-state index in [9.17, 15) is 5.11 Å². The minimum absolute atomic E-state index is 0.0400. The Labute approximate surface area is 75.6 Å². The fraction of sp³-hybridized carbons (Fsp3) is 1.00. The Morgan fingerprint density at radius 2 is 2.08 bits per heavy atom. The maximum atomic E-state index is 9.47. The normalized spacial score (nSPS) is 29.0. The first-order valence-corrected chi connectivity index (χ1v) is 5.21. The molecule has 0 aromatic carbocycles. The van der Waals surface area contributed by atoms with Gasteiger partial charge in [-0.05, 0) is 32.4 Å². The summed E-state index contributed by atoms with van der Waals surface area (Å²) in [6.07, 6.45) is 4.67. The van der Waals surface area contributed by atoms with Gasteiger partial charge in [0.25, 0.3) is 0 Å². The molecule has 1 N–H and O–H groups in total. The lowest BCUT2D eigenvalue weighted by atomic mass is 9.87. The average Bonchev–Trinajstić information content (AvgIpc) is 2.09. The molecule has 1 rings (SSSR count). The second-order valence-electron chi connectivity index (χ2n) is 3.69. The molecule has 0 aliphatic heterocycles. The molecule has 72 valence electrons. The third-order valence-electron chi connectivity index (χ3n) is 2.88. The van der Waals surface area contributed by atoms with Crippen molar-refractivity contribution in [3.8, 4) is 0 Å². The van der Waals surface area contributed by atoms with Crippen molar-refractivity contribution in [2.75, 3.05) is 13.1 Å². The van der Waals surface area contributed by atoms with Crippen LogP contribution in [-0.2, 0) is 0 Å². The first kappa shape index (κ1) is 10.0. The Hall–Kier alpha value is -0.0800. The molecule has 1 saturated carbocycles. The van der Waals surface area contributed by atoms with Gasteiger partial charge in [0.1, 0.15) is 0 Å². The highest BCUT2D eigenvalue weighted by Gasteiger charge is 2.32. The van der Waals surface area contributed by atoms with Crippen LogP contribution in [0.25, 0.3) is 0 Å². The Morgan fingerprint density at radius 1 is 1.33 bits per heavy atom. The minimum Gasteiger partial charge on any atom is -0.391 e. The number of likely N-dealkylation sites (N-methyl/N-ethyl adjacent to an activating group) is 1. The van der Waals surface area contributed by atoms with Crippen molar-refractivity contribution in [3.05, 3.63) is 0 Å². The van der Waals surface area contributed by atoms with Gasteiger partial charge in [-0.25, -0.2) is 0 Å². The molecule has 0 aromatic rings. The molecular formula is C10H21NO. The molecule has 2 heteroatoms. The van der Waals surface area contributed by atoms with Gasteiger partial charge in [0.15, 0.2) is 0 Å². The van der Waals surface area contributed by atoms with E-state index in [1.165, 1.54) is 19.3 Å². The van der Waals surface area contributed by atoms with Crippen LogP contribution in [0.15, 0.2) is 0 Å². The van der Waals surface area contributed by atoms with Crippen molar-refractivity contribution in [3.63, 3.8) is 0 Å². The molecule has 0 amide bonds. The summed E-state index contributed by atoms with van der Waals surface area (Å²) in [5.74, 6) is 0. The van der Waals surface area contributed by atoms with Gasteiger partial charge in [-0.15, -0.1) is 0 Å². The van der Waals surface area contributed by atoms with E-state index in [0.717, 1.165) is 19.5 Å². The van der Waals surface area contributed by atoms with Gasteiger partial charge in [-0.3, -0.25) is 4.90 Å². The first-order chi connectivity index (χ1) is 5.79. The van der Waals surface area contributed by atoms with E-state index in [-0.39, 0.29) is 6.10 Å². The maximum absolute atomic E-state index is 9.47. The van der Waals surface area contributed by atoms with E-state index in [1.807, 2.05) is 0 Å². The Kier molecular flexibility index (Phi) is 4.02. The zero-order valence-corrected chi connectivity index (χ0v) is 8.29. The molecule has 0 aromatic heterocycles. The van der Waals surface area contributed by atoms with Crippen molar-refractivity contribution in [1.29, 1.82) is 0 Å². The highest BCUT2D eigenvalue weighted by Crippen LogP contribution is 2.25. The second kappa shape index (κ2) is 4.83. The number of hydrogen-bond donors (Lipinski definition) is 1. The predicted octanol–water partition coefficient (Wildman–Crippen LogP) is 1.63. The number of aliphatic hydroxyl groups excluding tert-OH is 1. The maximum Gasteiger partial charge on any atom is 0.0696 e. The Morgan fingerprint density at radius 3 is 2.42 bits per heavy atom. The molecule has 1 fully saturated rings. The van der Waals surface area contributed by atoms with Gasteiger partial charge in [0, 0.05) is 6.04 Å². The predicted molar refractivity (Wildman–Crippen MR) is 51.2 cm³/mol. The van der Waals surface area contributed by atoms with Crippen molar-refractivity contribution in [2.24, 2.45) is 0 Å². The molecule has 0 saturated heterocycles. The van der Waals surface area contributed by atoms with Gasteiger partial charge >= 0.3 is 0 Å². The molecule has 2 nitrogen and oxygen atoms in total. The molecule has 1 aliphatic rings. The van der Waals surface area contributed by atoms with Gasteiger partial charge in [0.05, 0.1) is 6.10 Å². The molecule has 12 heavy (non-hydrogen) atoms. The lowest BCUT2D eigenvalue weighted by Crippen LogP contribution is -2.50. The van der Waals surface area contributed by atoms with Crippen LogP contribution >= 0.6 is 0 Å². The summed E-state index contributed by atoms with van der Waals surface area (Å²) in [5.41, 5.74) is 0. The average molecular weight is 171 g/mol. The molecule has 0 unspecified atom stereocenters. The lowest BCUT2D eigenvalue weighted by Gasteiger charge is -2.41. The third-order valence-corrected chi connectivity index (χ3v) is 2.88. The van der Waals surface area contributed by atoms with E-state index in [1.54, 1.807) is 0 Å². The van der Waals surface area contributed by atoms with Crippen LogP contribution < -0.4 is 0 Å². The van der Waals surface area contributed by atoms with Gasteiger partial charge in [-0.1, -0.05) is 20.3 Å². The topological polar surface area (TPSA) is 23.5 Å². The smallest absolute Gasteiger partial charge is 0.0696 e. The van der Waals surface area contributed by atoms with E-state index in [4.69, 9.17) is 0 Å². The second-order valence-corrected chi connectivity index (χ2v) is 3.69. The van der Waals surface area contributed by atoms with Crippen molar-refractivity contribution in [2.45, 2.75) is 51.7 Å². The van der Waals surface area contributed by atoms with Gasteiger partial charge in [0.2, 0.25) is 0 Å². The monoisotopic (exact) mass is 171 g/mol. The summed E-state index contributed by atoms with van der Waals surface area (Å²) in [6.45, 7) is 6.64. The van der Waals surface area contributed by atoms with Gasteiger partial charge < -0.3 is 5.11 Å². The summed E-state index contributed by atoms with van der Waals surface area (Å²) in [6, 6.07) is 0.474. The van der Waals surface area contributed by atoms with Crippen LogP contribution in [0.5, 0.6) is 0 Å². The Bertz CT molecular complexity index is 127. The molecule has 0 spiro atoms. The zero-order valence-electron chi connectivity index (χ0n) is 8.29. The number of aliphatic hydroxyl groups is 1. The van der Waals surface area contributed by atoms with E-state index < -0.39 is 0 Å². The third kappa shape index (κ3) is 2.20. The molecule has 1 aliphatic carbocycles. The van der Waals surface area contributed by atoms with Crippen molar-refractivity contribution in [1.82, 2.24) is 4.90 Å². The minimum atomic E-state index is -0.0400. The number of unbranched alkanes of at least 4 members (excludes halogenated alkanes) is 1. The number of hydrogen-bond acceptors (Lipinski definition) is 2. The van der Waals surface area contributed by atoms with Crippen LogP contribution in [-0.4, -0.2) is 35.2 Å². The first-order valence-electron chi connectivity index (χ1n) is 5.21. The molecule has 2 atom stereocenters. The highest BCUT2D eigenvalue weighted by molar-refractivity contribution is 4.88. The number of rotatable bonds is 5. The summed E-state index contributed by atoms with van der Waals surface area (Å²) >= 11 is 0. The zero-order chi connectivity index (χ0) is 8.97. The fourth-order valence-corrected chi connectivity index (χ4v) is 1.81. The largest absolute Gasteiger partial charge is 0.391 e. The van der Waals surface area contributed by atoms with Crippen LogP contribution in [0.1, 0.15) is 39.5 Å². The fourth-order valence-electron chi connectivity index (χ4n) is 1.81. The summed E-state index contributed by atoms with van der Waals surface area (Å²) in [4.78, 5) is 2.41. The Balaban J connectivity index is 2.24. The van der Waals surface area contributed by atoms with Crippen molar-refractivity contribution < 1.29 is 5.11 Å². The molecule has 0 heterocycles. The highest BCUT2D eigenvalue weighted by atomic mass is 16.3. The molecule has 0 radical (unpaired) electrons. The molecule has 0 bridgehead atoms. The lowest BCUT2D eigenvalue weighted by molar-refractivity contribution is -0.0193. The standard InChI is InChI=1S/C10H21NO/c1-3-5-8-11(4-2)9-6-7-10(9)12/h9-10,12H,3-8H2,1-2H3/t9-,10-/m1/s1. The van der Waals surface area contributed by atoms with E-state index >= 15 is 0 Å². The number of nitrogens with zero attached hydrogens (tertiary/aromatic N) is 1. The summed E-state index contributed by atoms with van der Waals surface area (Å²) < 4.78 is 0. The van der Waals surface area contributed by atoms with Gasteiger partial charge in [-0.2, -0.15) is 0 Å². The van der Waals surface area contributed by atoms with Crippen LogP contribution in [0.3, 0.4) is 0 Å². The van der Waals surface area contributed by atoms with E-state index in [2.05, 4.69) is 18.7 Å². The summed E-state index contributed by atoms with van der Waals surface area (Å²) in [5, 5.41) is 9.47. The molecular weight excluding hydrogens is 150 g/mol. The van der Waals surface area contributed by atoms with E-state index in [0.29, 0.717) is 6.04 Å². The van der Waals surface area contributed by atoms with Crippen molar-refractivity contribution >= 4 is 0 Å². The van der Waals surface area contributed by atoms with Crippen LogP contribution in [0.2, 0.25) is 0 Å². The SMILES string of the molecule is CCCCN(CC)[C@@H]1CC[C@H]1O. The van der Waals surface area contributed by atoms with Crippen LogP contribution in [0.4, 0.5) is 0 Å².